The lowest BCUT2D eigenvalue weighted by Crippen LogP contribution is -2.57. The van der Waals surface area contributed by atoms with E-state index in [2.05, 4.69) is 5.10 Å². The van der Waals surface area contributed by atoms with Crippen molar-refractivity contribution in [3.05, 3.63) is 29.8 Å². The van der Waals surface area contributed by atoms with Gasteiger partial charge in [0.1, 0.15) is 5.75 Å². The summed E-state index contributed by atoms with van der Waals surface area (Å²) in [6, 6.07) is 7.59. The number of carbonyl (C=O) groups is 1. The molecule has 1 unspecified atom stereocenters. The zero-order chi connectivity index (χ0) is 18.0. The number of hydrogen-bond donors (Lipinski definition) is 1. The Balaban J connectivity index is 2.11. The molecule has 6 nitrogen and oxygen atoms in total. The molecule has 1 atom stereocenters. The van der Waals surface area contributed by atoms with Crippen molar-refractivity contribution in [1.82, 2.24) is 5.01 Å². The average molecular weight is 341 g/mol. The topological polar surface area (TPSA) is 85.9 Å². The summed E-state index contributed by atoms with van der Waals surface area (Å²) in [6.45, 7) is 0.849. The lowest BCUT2D eigenvalue weighted by molar-refractivity contribution is -0.302. The van der Waals surface area contributed by atoms with E-state index in [1.165, 1.54) is 24.3 Å². The molecule has 2 rings (SSSR count). The highest BCUT2D eigenvalue weighted by atomic mass is 19.4. The molecular formula is C15H14F3N3O3. The maximum atomic E-state index is 13.1. The zero-order valence-corrected chi connectivity index (χ0v) is 12.7. The Bertz CT molecular complexity index is 695. The van der Waals surface area contributed by atoms with Gasteiger partial charge in [0, 0.05) is 12.1 Å². The largest absolute Gasteiger partial charge is 0.484 e. The molecule has 24 heavy (non-hydrogen) atoms. The normalized spacial score (nSPS) is 20.5. The third-order valence-electron chi connectivity index (χ3n) is 3.49. The fourth-order valence-electron chi connectivity index (χ4n) is 2.13. The molecule has 128 valence electrons. The Morgan fingerprint density at radius 1 is 1.46 bits per heavy atom. The third-order valence-corrected chi connectivity index (χ3v) is 3.49. The van der Waals surface area contributed by atoms with Crippen LogP contribution in [0.5, 0.6) is 5.75 Å². The van der Waals surface area contributed by atoms with E-state index in [-0.39, 0.29) is 22.9 Å². The molecule has 0 bridgehead atoms. The van der Waals surface area contributed by atoms with E-state index in [1.54, 1.807) is 6.92 Å². The molecule has 0 spiro atoms. The summed E-state index contributed by atoms with van der Waals surface area (Å²) < 4.78 is 44.5. The molecule has 0 saturated carbocycles. The molecule has 0 radical (unpaired) electrons. The molecule has 1 heterocycles. The van der Waals surface area contributed by atoms with Gasteiger partial charge in [-0.15, -0.1) is 0 Å². The van der Waals surface area contributed by atoms with E-state index in [9.17, 15) is 23.1 Å². The summed E-state index contributed by atoms with van der Waals surface area (Å²) in [4.78, 5) is 12.0. The van der Waals surface area contributed by atoms with Crippen molar-refractivity contribution >= 4 is 11.6 Å². The van der Waals surface area contributed by atoms with Crippen LogP contribution >= 0.6 is 0 Å². The maximum absolute atomic E-state index is 13.1. The summed E-state index contributed by atoms with van der Waals surface area (Å²) >= 11 is 0. The van der Waals surface area contributed by atoms with E-state index in [0.29, 0.717) is 5.56 Å². The van der Waals surface area contributed by atoms with E-state index >= 15 is 0 Å². The Kier molecular flexibility index (Phi) is 4.80. The number of halogens is 3. The van der Waals surface area contributed by atoms with Gasteiger partial charge in [-0.25, -0.2) is 0 Å². The number of nitriles is 1. The van der Waals surface area contributed by atoms with E-state index < -0.39 is 30.8 Å². The van der Waals surface area contributed by atoms with Crippen LogP contribution in [0.25, 0.3) is 0 Å². The number of benzene rings is 1. The van der Waals surface area contributed by atoms with Crippen LogP contribution in [-0.2, 0) is 4.79 Å². The van der Waals surface area contributed by atoms with Crippen LogP contribution in [0.2, 0.25) is 0 Å². The van der Waals surface area contributed by atoms with Crippen molar-refractivity contribution in [2.75, 3.05) is 6.61 Å². The van der Waals surface area contributed by atoms with Crippen molar-refractivity contribution in [1.29, 1.82) is 5.26 Å². The summed E-state index contributed by atoms with van der Waals surface area (Å²) in [5.74, 6) is -0.917. The second-order valence-electron chi connectivity index (χ2n) is 5.14. The van der Waals surface area contributed by atoms with Crippen molar-refractivity contribution in [2.45, 2.75) is 31.7 Å². The predicted octanol–water partition coefficient (Wildman–Crippen LogP) is 2.19. The molecular weight excluding hydrogens is 327 g/mol. The van der Waals surface area contributed by atoms with Gasteiger partial charge < -0.3 is 9.84 Å². The van der Waals surface area contributed by atoms with Gasteiger partial charge in [-0.3, -0.25) is 4.79 Å². The molecule has 1 aliphatic rings. The van der Waals surface area contributed by atoms with Crippen LogP contribution in [0.1, 0.15) is 25.3 Å². The van der Waals surface area contributed by atoms with Gasteiger partial charge in [0.15, 0.2) is 6.61 Å². The number of alkyl halides is 3. The zero-order valence-electron chi connectivity index (χ0n) is 12.7. The average Bonchev–Trinajstić information content (AvgIpc) is 2.91. The Morgan fingerprint density at radius 2 is 2.08 bits per heavy atom. The minimum Gasteiger partial charge on any atom is -0.484 e. The van der Waals surface area contributed by atoms with Crippen molar-refractivity contribution in [2.24, 2.45) is 5.10 Å². The molecule has 0 fully saturated rings. The molecule has 0 aliphatic carbocycles. The van der Waals surface area contributed by atoms with Crippen molar-refractivity contribution < 1.29 is 27.8 Å². The van der Waals surface area contributed by atoms with Crippen molar-refractivity contribution in [3.63, 3.8) is 0 Å². The first-order valence-corrected chi connectivity index (χ1v) is 7.02. The first-order valence-electron chi connectivity index (χ1n) is 7.02. The van der Waals surface area contributed by atoms with Gasteiger partial charge in [0.25, 0.3) is 11.6 Å². The first kappa shape index (κ1) is 17.7. The number of nitrogens with zero attached hydrogens (tertiary/aromatic N) is 3. The minimum absolute atomic E-state index is 0.0372. The third kappa shape index (κ3) is 3.33. The van der Waals surface area contributed by atoms with Gasteiger partial charge in [-0.05, 0) is 30.7 Å². The van der Waals surface area contributed by atoms with Gasteiger partial charge in [0.2, 0.25) is 0 Å². The minimum atomic E-state index is -5.04. The molecule has 1 aliphatic heterocycles. The Morgan fingerprint density at radius 3 is 2.58 bits per heavy atom. The fraction of sp³-hybridized carbons (Fsp3) is 0.400. The molecule has 1 amide bonds. The second-order valence-corrected chi connectivity index (χ2v) is 5.14. The SMILES string of the molecule is CCC1=NN(C(=O)COc2ccc(C#N)cc2)C(O)(C(F)(F)F)C1. The van der Waals surface area contributed by atoms with Crippen LogP contribution in [0.4, 0.5) is 13.2 Å². The van der Waals surface area contributed by atoms with Gasteiger partial charge in [-0.2, -0.15) is 28.5 Å². The van der Waals surface area contributed by atoms with Crippen molar-refractivity contribution in [3.8, 4) is 11.8 Å². The van der Waals surface area contributed by atoms with E-state index in [4.69, 9.17) is 10.00 Å². The quantitative estimate of drug-likeness (QED) is 0.909. The van der Waals surface area contributed by atoms with E-state index in [0.717, 1.165) is 0 Å². The number of rotatable bonds is 4. The lowest BCUT2D eigenvalue weighted by Gasteiger charge is -2.32. The second kappa shape index (κ2) is 6.49. The van der Waals surface area contributed by atoms with Crippen LogP contribution in [-0.4, -0.2) is 40.2 Å². The summed E-state index contributed by atoms with van der Waals surface area (Å²) in [5, 5.41) is 22.2. The highest BCUT2D eigenvalue weighted by Gasteiger charge is 2.62. The van der Waals surface area contributed by atoms with Gasteiger partial charge in [0.05, 0.1) is 11.6 Å². The fourth-order valence-corrected chi connectivity index (χ4v) is 2.13. The molecule has 1 aromatic carbocycles. The number of amides is 1. The van der Waals surface area contributed by atoms with Crippen LogP contribution in [0, 0.1) is 11.3 Å². The lowest BCUT2D eigenvalue weighted by atomic mass is 10.1. The van der Waals surface area contributed by atoms with Gasteiger partial charge in [-0.1, -0.05) is 6.92 Å². The highest BCUT2D eigenvalue weighted by molar-refractivity contribution is 5.90. The highest BCUT2D eigenvalue weighted by Crippen LogP contribution is 2.40. The summed E-state index contributed by atoms with van der Waals surface area (Å²) in [7, 11) is 0. The Hall–Kier alpha value is -2.60. The number of aliphatic hydroxyl groups is 1. The molecule has 0 aromatic heterocycles. The molecule has 9 heteroatoms. The first-order chi connectivity index (χ1) is 11.2. The molecule has 1 aromatic rings. The number of ether oxygens (including phenoxy) is 1. The number of hydrazone groups is 1. The van der Waals surface area contributed by atoms with Crippen LogP contribution < -0.4 is 4.74 Å². The summed E-state index contributed by atoms with van der Waals surface area (Å²) in [6.07, 6.45) is -5.65. The molecule has 0 saturated heterocycles. The smallest absolute Gasteiger partial charge is 0.438 e. The maximum Gasteiger partial charge on any atom is 0.438 e. The predicted molar refractivity (Wildman–Crippen MR) is 76.8 cm³/mol. The number of carbonyl (C=O) groups excluding carboxylic acids is 1. The summed E-state index contributed by atoms with van der Waals surface area (Å²) in [5.41, 5.74) is -2.91. The van der Waals surface area contributed by atoms with E-state index in [1.807, 2.05) is 6.07 Å². The Labute approximate surface area is 135 Å². The van der Waals surface area contributed by atoms with Gasteiger partial charge >= 0.3 is 6.18 Å². The monoisotopic (exact) mass is 341 g/mol. The molecule has 1 N–H and O–H groups in total. The van der Waals surface area contributed by atoms with Crippen LogP contribution in [0.15, 0.2) is 29.4 Å². The standard InChI is InChI=1S/C15H14F3N3O3/c1-2-11-7-14(23,15(16,17)18)21(20-11)13(22)9-24-12-5-3-10(8-19)4-6-12/h3-6,23H,2,7,9H2,1H3. The van der Waals surface area contributed by atoms with Crippen LogP contribution in [0.3, 0.4) is 0 Å². The number of hydrogen-bond acceptors (Lipinski definition) is 5.